The zero-order valence-electron chi connectivity index (χ0n) is 8.97. The Hall–Kier alpha value is -1.68. The molecule has 0 spiro atoms. The van der Waals surface area contributed by atoms with E-state index in [1.807, 2.05) is 12.1 Å². The molecule has 1 aliphatic carbocycles. The molecule has 1 amide bonds. The lowest BCUT2D eigenvalue weighted by atomic mass is 9.96. The minimum Gasteiger partial charge on any atom is -0.373 e. The summed E-state index contributed by atoms with van der Waals surface area (Å²) < 4.78 is 5.16. The van der Waals surface area contributed by atoms with Crippen LogP contribution in [0, 0.1) is 0 Å². The van der Waals surface area contributed by atoms with Crippen LogP contribution in [0.25, 0.3) is 0 Å². The van der Waals surface area contributed by atoms with Crippen molar-refractivity contribution in [2.45, 2.75) is 18.4 Å². The second kappa shape index (κ2) is 4.06. The molecule has 0 saturated carbocycles. The molecule has 2 N–H and O–H groups in total. The topological polar surface area (TPSA) is 69.4 Å². The SMILES string of the molecule is COC1C(=O)c2ccccc2C1CC(N)=O. The highest BCUT2D eigenvalue weighted by molar-refractivity contribution is 6.05. The maximum Gasteiger partial charge on any atom is 0.218 e. The van der Waals surface area contributed by atoms with E-state index in [-0.39, 0.29) is 18.1 Å². The lowest BCUT2D eigenvalue weighted by molar-refractivity contribution is -0.118. The van der Waals surface area contributed by atoms with E-state index in [4.69, 9.17) is 10.5 Å². The minimum atomic E-state index is -0.579. The predicted octanol–water partition coefficient (Wildman–Crippen LogP) is 0.857. The van der Waals surface area contributed by atoms with Crippen LogP contribution in [0.3, 0.4) is 0 Å². The summed E-state index contributed by atoms with van der Waals surface area (Å²) in [6, 6.07) is 7.25. The zero-order valence-corrected chi connectivity index (χ0v) is 8.97. The van der Waals surface area contributed by atoms with Crippen molar-refractivity contribution in [2.24, 2.45) is 5.73 Å². The van der Waals surface area contributed by atoms with Gasteiger partial charge in [-0.3, -0.25) is 9.59 Å². The van der Waals surface area contributed by atoms with Crippen LogP contribution >= 0.6 is 0 Å². The molecule has 4 nitrogen and oxygen atoms in total. The first-order chi connectivity index (χ1) is 7.65. The maximum absolute atomic E-state index is 11.9. The van der Waals surface area contributed by atoms with Crippen LogP contribution in [0.2, 0.25) is 0 Å². The summed E-state index contributed by atoms with van der Waals surface area (Å²) in [7, 11) is 1.47. The van der Waals surface area contributed by atoms with Gasteiger partial charge in [0, 0.05) is 25.0 Å². The number of hydrogen-bond acceptors (Lipinski definition) is 3. The lowest BCUT2D eigenvalue weighted by Gasteiger charge is -2.15. The van der Waals surface area contributed by atoms with Gasteiger partial charge in [-0.15, -0.1) is 0 Å². The molecule has 0 heterocycles. The number of nitrogens with two attached hydrogens (primary N) is 1. The summed E-state index contributed by atoms with van der Waals surface area (Å²) in [6.45, 7) is 0. The molecule has 0 fully saturated rings. The monoisotopic (exact) mass is 219 g/mol. The Balaban J connectivity index is 2.42. The average molecular weight is 219 g/mol. The van der Waals surface area contributed by atoms with Gasteiger partial charge in [0.15, 0.2) is 5.78 Å². The zero-order chi connectivity index (χ0) is 11.7. The molecule has 4 heteroatoms. The van der Waals surface area contributed by atoms with Gasteiger partial charge in [0.25, 0.3) is 0 Å². The first-order valence-electron chi connectivity index (χ1n) is 5.09. The highest BCUT2D eigenvalue weighted by Crippen LogP contribution is 2.36. The minimum absolute atomic E-state index is 0.0654. The fourth-order valence-corrected chi connectivity index (χ4v) is 2.25. The Morgan fingerprint density at radius 1 is 1.44 bits per heavy atom. The molecule has 0 saturated heterocycles. The van der Waals surface area contributed by atoms with Gasteiger partial charge in [0.2, 0.25) is 5.91 Å². The summed E-state index contributed by atoms with van der Waals surface area (Å²) >= 11 is 0. The molecule has 2 rings (SSSR count). The van der Waals surface area contributed by atoms with Gasteiger partial charge < -0.3 is 10.5 Å². The van der Waals surface area contributed by atoms with E-state index in [0.29, 0.717) is 5.56 Å². The fourth-order valence-electron chi connectivity index (χ4n) is 2.25. The molecule has 2 unspecified atom stereocenters. The summed E-state index contributed by atoms with van der Waals surface area (Å²) in [5.74, 6) is -0.730. The van der Waals surface area contributed by atoms with Crippen molar-refractivity contribution >= 4 is 11.7 Å². The molecule has 1 aromatic rings. The van der Waals surface area contributed by atoms with E-state index >= 15 is 0 Å². The largest absolute Gasteiger partial charge is 0.373 e. The Labute approximate surface area is 93.4 Å². The number of carbonyl (C=O) groups excluding carboxylic acids is 2. The number of Topliss-reactive ketones (excluding diaryl/α,β-unsaturated/α-hetero) is 1. The van der Waals surface area contributed by atoms with Crippen LogP contribution in [-0.2, 0) is 9.53 Å². The molecular weight excluding hydrogens is 206 g/mol. The number of hydrogen-bond donors (Lipinski definition) is 1. The van der Waals surface area contributed by atoms with Crippen LogP contribution in [-0.4, -0.2) is 24.9 Å². The number of carbonyl (C=O) groups is 2. The van der Waals surface area contributed by atoms with E-state index in [1.165, 1.54) is 7.11 Å². The van der Waals surface area contributed by atoms with Crippen molar-refractivity contribution in [3.8, 4) is 0 Å². The first-order valence-corrected chi connectivity index (χ1v) is 5.09. The first kappa shape index (κ1) is 10.8. The van der Waals surface area contributed by atoms with Gasteiger partial charge >= 0.3 is 0 Å². The number of primary amides is 1. The summed E-state index contributed by atoms with van der Waals surface area (Å²) in [5.41, 5.74) is 6.68. The van der Waals surface area contributed by atoms with Crippen molar-refractivity contribution in [3.63, 3.8) is 0 Å². The third kappa shape index (κ3) is 1.61. The van der Waals surface area contributed by atoms with E-state index in [2.05, 4.69) is 0 Å². The number of ether oxygens (including phenoxy) is 1. The number of amides is 1. The van der Waals surface area contributed by atoms with Gasteiger partial charge in [-0.2, -0.15) is 0 Å². The number of ketones is 1. The second-order valence-electron chi connectivity index (χ2n) is 3.88. The average Bonchev–Trinajstić information content (AvgIpc) is 2.52. The third-order valence-electron chi connectivity index (χ3n) is 2.92. The van der Waals surface area contributed by atoms with Gasteiger partial charge in [-0.05, 0) is 5.56 Å². The van der Waals surface area contributed by atoms with E-state index in [0.717, 1.165) is 5.56 Å². The predicted molar refractivity (Wildman–Crippen MR) is 58.1 cm³/mol. The van der Waals surface area contributed by atoms with Crippen LogP contribution in [0.1, 0.15) is 28.3 Å². The quantitative estimate of drug-likeness (QED) is 0.819. The Morgan fingerprint density at radius 3 is 2.75 bits per heavy atom. The summed E-state index contributed by atoms with van der Waals surface area (Å²) in [5, 5.41) is 0. The fraction of sp³-hybridized carbons (Fsp3) is 0.333. The van der Waals surface area contributed by atoms with Crippen LogP contribution < -0.4 is 5.73 Å². The third-order valence-corrected chi connectivity index (χ3v) is 2.92. The van der Waals surface area contributed by atoms with Crippen molar-refractivity contribution in [1.29, 1.82) is 0 Å². The molecule has 0 aromatic heterocycles. The van der Waals surface area contributed by atoms with Gasteiger partial charge in [0.1, 0.15) is 6.10 Å². The molecule has 16 heavy (non-hydrogen) atoms. The number of rotatable bonds is 3. The number of methoxy groups -OCH3 is 1. The lowest BCUT2D eigenvalue weighted by Crippen LogP contribution is -2.26. The van der Waals surface area contributed by atoms with E-state index in [9.17, 15) is 9.59 Å². The molecule has 0 bridgehead atoms. The molecule has 0 aliphatic heterocycles. The molecule has 0 radical (unpaired) electrons. The Morgan fingerprint density at radius 2 is 2.12 bits per heavy atom. The second-order valence-corrected chi connectivity index (χ2v) is 3.88. The van der Waals surface area contributed by atoms with Crippen molar-refractivity contribution in [2.75, 3.05) is 7.11 Å². The number of benzene rings is 1. The smallest absolute Gasteiger partial charge is 0.218 e. The molecule has 1 aliphatic rings. The van der Waals surface area contributed by atoms with Crippen molar-refractivity contribution < 1.29 is 14.3 Å². The molecule has 2 atom stereocenters. The Bertz CT molecular complexity index is 442. The summed E-state index contributed by atoms with van der Waals surface area (Å²) in [4.78, 5) is 22.9. The molecular formula is C12H13NO3. The van der Waals surface area contributed by atoms with Crippen LogP contribution in [0.5, 0.6) is 0 Å². The van der Waals surface area contributed by atoms with E-state index < -0.39 is 12.0 Å². The molecule has 1 aromatic carbocycles. The normalized spacial score (nSPS) is 23.2. The highest BCUT2D eigenvalue weighted by Gasteiger charge is 2.40. The Kier molecular flexibility index (Phi) is 2.75. The van der Waals surface area contributed by atoms with E-state index in [1.54, 1.807) is 12.1 Å². The van der Waals surface area contributed by atoms with Gasteiger partial charge in [0.05, 0.1) is 0 Å². The van der Waals surface area contributed by atoms with Crippen LogP contribution in [0.15, 0.2) is 24.3 Å². The summed E-state index contributed by atoms with van der Waals surface area (Å²) in [6.07, 6.45) is -0.439. The van der Waals surface area contributed by atoms with Crippen molar-refractivity contribution in [3.05, 3.63) is 35.4 Å². The number of fused-ring (bicyclic) bond motifs is 1. The van der Waals surface area contributed by atoms with Crippen LogP contribution in [0.4, 0.5) is 0 Å². The van der Waals surface area contributed by atoms with Gasteiger partial charge in [-0.25, -0.2) is 0 Å². The standard InChI is InChI=1S/C12H13NO3/c1-16-12-9(6-10(13)14)7-4-2-3-5-8(7)11(12)15/h2-5,9,12H,6H2,1H3,(H2,13,14). The molecule has 84 valence electrons. The van der Waals surface area contributed by atoms with Gasteiger partial charge in [-0.1, -0.05) is 24.3 Å². The highest BCUT2D eigenvalue weighted by atomic mass is 16.5. The van der Waals surface area contributed by atoms with Crippen molar-refractivity contribution in [1.82, 2.24) is 0 Å². The maximum atomic E-state index is 11.9.